The molecule has 0 radical (unpaired) electrons. The number of nitrogens with zero attached hydrogens (tertiary/aromatic N) is 1. The highest BCUT2D eigenvalue weighted by Gasteiger charge is 1.88. The molecule has 0 amide bonds. The summed E-state index contributed by atoms with van der Waals surface area (Å²) in [6.07, 6.45) is 3.86. The van der Waals surface area contributed by atoms with E-state index in [-0.39, 0.29) is 0 Å². The van der Waals surface area contributed by atoms with Crippen molar-refractivity contribution in [3.05, 3.63) is 29.8 Å². The lowest BCUT2D eigenvalue weighted by molar-refractivity contribution is 0.908. The van der Waals surface area contributed by atoms with Gasteiger partial charge in [-0.05, 0) is 24.0 Å². The molecule has 0 aliphatic rings. The van der Waals surface area contributed by atoms with Gasteiger partial charge in [-0.3, -0.25) is 0 Å². The van der Waals surface area contributed by atoms with Gasteiger partial charge in [0, 0.05) is 11.9 Å². The van der Waals surface area contributed by atoms with Crippen molar-refractivity contribution in [2.75, 3.05) is 13.3 Å². The SMILES string of the molecule is CN/N=C/c1ccc(SC)cc1. The van der Waals surface area contributed by atoms with E-state index in [1.807, 2.05) is 12.1 Å². The van der Waals surface area contributed by atoms with Crippen molar-refractivity contribution < 1.29 is 0 Å². The van der Waals surface area contributed by atoms with E-state index in [2.05, 4.69) is 28.9 Å². The van der Waals surface area contributed by atoms with Gasteiger partial charge in [-0.1, -0.05) is 12.1 Å². The van der Waals surface area contributed by atoms with Crippen LogP contribution in [0.3, 0.4) is 0 Å². The lowest BCUT2D eigenvalue weighted by Crippen LogP contribution is -1.94. The second-order valence-electron chi connectivity index (χ2n) is 2.25. The number of hydrogen-bond acceptors (Lipinski definition) is 3. The minimum atomic E-state index is 1.11. The topological polar surface area (TPSA) is 24.4 Å². The summed E-state index contributed by atoms with van der Waals surface area (Å²) in [4.78, 5) is 1.27. The number of hydrogen-bond donors (Lipinski definition) is 1. The standard InChI is InChI=1S/C9H12N2S/c1-10-11-7-8-3-5-9(12-2)6-4-8/h3-7,10H,1-2H3/b11-7+. The fraction of sp³-hybridized carbons (Fsp3) is 0.222. The van der Waals surface area contributed by atoms with Gasteiger partial charge in [-0.25, -0.2) is 0 Å². The van der Waals surface area contributed by atoms with Crippen LogP contribution < -0.4 is 5.43 Å². The molecule has 64 valence electrons. The molecular weight excluding hydrogens is 168 g/mol. The van der Waals surface area contributed by atoms with E-state index in [1.165, 1.54) is 4.90 Å². The van der Waals surface area contributed by atoms with Crippen LogP contribution in [0.15, 0.2) is 34.3 Å². The maximum absolute atomic E-state index is 3.92. The van der Waals surface area contributed by atoms with Crippen LogP contribution in [0, 0.1) is 0 Å². The third-order valence-electron chi connectivity index (χ3n) is 1.46. The van der Waals surface area contributed by atoms with Gasteiger partial charge in [0.15, 0.2) is 0 Å². The van der Waals surface area contributed by atoms with Crippen LogP contribution in [0.2, 0.25) is 0 Å². The fourth-order valence-electron chi connectivity index (χ4n) is 0.829. The third kappa shape index (κ3) is 2.58. The molecule has 1 aromatic carbocycles. The van der Waals surface area contributed by atoms with Crippen LogP contribution in [0.4, 0.5) is 0 Å². The minimum Gasteiger partial charge on any atom is -0.313 e. The number of thioether (sulfide) groups is 1. The third-order valence-corrected chi connectivity index (χ3v) is 2.20. The normalized spacial score (nSPS) is 10.5. The molecule has 0 aliphatic heterocycles. The van der Waals surface area contributed by atoms with Gasteiger partial charge in [0.05, 0.1) is 6.21 Å². The van der Waals surface area contributed by atoms with E-state index in [9.17, 15) is 0 Å². The molecule has 0 spiro atoms. The smallest absolute Gasteiger partial charge is 0.0540 e. The van der Waals surface area contributed by atoms with E-state index in [0.29, 0.717) is 0 Å². The molecule has 0 atom stereocenters. The molecule has 0 saturated carbocycles. The summed E-state index contributed by atoms with van der Waals surface area (Å²) in [5, 5.41) is 3.92. The Kier molecular flexibility index (Phi) is 3.67. The summed E-state index contributed by atoms with van der Waals surface area (Å²) in [5.74, 6) is 0. The highest BCUT2D eigenvalue weighted by atomic mass is 32.2. The Morgan fingerprint density at radius 3 is 2.50 bits per heavy atom. The average Bonchev–Trinajstić information content (AvgIpc) is 2.15. The zero-order valence-corrected chi connectivity index (χ0v) is 8.06. The largest absolute Gasteiger partial charge is 0.313 e. The van der Waals surface area contributed by atoms with Gasteiger partial charge in [-0.15, -0.1) is 11.8 Å². The number of hydrazone groups is 1. The highest BCUT2D eigenvalue weighted by Crippen LogP contribution is 2.13. The molecule has 0 unspecified atom stereocenters. The van der Waals surface area contributed by atoms with E-state index < -0.39 is 0 Å². The molecule has 1 N–H and O–H groups in total. The maximum Gasteiger partial charge on any atom is 0.0540 e. The van der Waals surface area contributed by atoms with Crippen molar-refractivity contribution in [2.24, 2.45) is 5.10 Å². The van der Waals surface area contributed by atoms with E-state index >= 15 is 0 Å². The first-order chi connectivity index (χ1) is 5.86. The zero-order chi connectivity index (χ0) is 8.81. The molecule has 0 heterocycles. The quantitative estimate of drug-likeness (QED) is 0.437. The summed E-state index contributed by atoms with van der Waals surface area (Å²) < 4.78 is 0. The molecule has 0 bridgehead atoms. The van der Waals surface area contributed by atoms with Crippen molar-refractivity contribution in [3.8, 4) is 0 Å². The van der Waals surface area contributed by atoms with Crippen LogP contribution in [0.5, 0.6) is 0 Å². The van der Waals surface area contributed by atoms with Crippen LogP contribution >= 0.6 is 11.8 Å². The molecule has 2 nitrogen and oxygen atoms in total. The molecule has 1 rings (SSSR count). The lowest BCUT2D eigenvalue weighted by atomic mass is 10.2. The summed E-state index contributed by atoms with van der Waals surface area (Å²) in [6.45, 7) is 0. The minimum absolute atomic E-state index is 1.11. The van der Waals surface area contributed by atoms with Crippen molar-refractivity contribution in [1.29, 1.82) is 0 Å². The van der Waals surface area contributed by atoms with Crippen LogP contribution in [-0.4, -0.2) is 19.5 Å². The first kappa shape index (κ1) is 9.13. The van der Waals surface area contributed by atoms with Gasteiger partial charge >= 0.3 is 0 Å². The molecule has 0 fully saturated rings. The Hall–Kier alpha value is -0.960. The second kappa shape index (κ2) is 4.83. The van der Waals surface area contributed by atoms with Gasteiger partial charge in [-0.2, -0.15) is 5.10 Å². The molecule has 0 saturated heterocycles. The fourth-order valence-corrected chi connectivity index (χ4v) is 1.24. The Morgan fingerprint density at radius 2 is 2.00 bits per heavy atom. The van der Waals surface area contributed by atoms with E-state index in [4.69, 9.17) is 0 Å². The monoisotopic (exact) mass is 180 g/mol. The predicted molar refractivity (Wildman–Crippen MR) is 54.9 cm³/mol. The summed E-state index contributed by atoms with van der Waals surface area (Å²) in [5.41, 5.74) is 3.82. The first-order valence-electron chi connectivity index (χ1n) is 3.70. The number of rotatable bonds is 3. The van der Waals surface area contributed by atoms with Crippen LogP contribution in [0.1, 0.15) is 5.56 Å². The lowest BCUT2D eigenvalue weighted by Gasteiger charge is -1.95. The molecule has 1 aromatic rings. The van der Waals surface area contributed by atoms with Crippen molar-refractivity contribution >= 4 is 18.0 Å². The molecule has 3 heteroatoms. The molecule has 12 heavy (non-hydrogen) atoms. The van der Waals surface area contributed by atoms with Crippen molar-refractivity contribution in [2.45, 2.75) is 4.90 Å². The Labute approximate surface area is 77.1 Å². The van der Waals surface area contributed by atoms with E-state index in [1.54, 1.807) is 25.0 Å². The Bertz CT molecular complexity index is 254. The van der Waals surface area contributed by atoms with E-state index in [0.717, 1.165) is 5.56 Å². The summed E-state index contributed by atoms with van der Waals surface area (Å²) in [7, 11) is 1.78. The highest BCUT2D eigenvalue weighted by molar-refractivity contribution is 7.98. The molecular formula is C9H12N2S. The van der Waals surface area contributed by atoms with Crippen molar-refractivity contribution in [1.82, 2.24) is 5.43 Å². The zero-order valence-electron chi connectivity index (χ0n) is 7.24. The first-order valence-corrected chi connectivity index (χ1v) is 4.93. The number of benzene rings is 1. The second-order valence-corrected chi connectivity index (χ2v) is 3.13. The summed E-state index contributed by atoms with van der Waals surface area (Å²) in [6, 6.07) is 8.27. The van der Waals surface area contributed by atoms with Crippen LogP contribution in [-0.2, 0) is 0 Å². The van der Waals surface area contributed by atoms with Gasteiger partial charge < -0.3 is 5.43 Å². The Morgan fingerprint density at radius 1 is 1.33 bits per heavy atom. The average molecular weight is 180 g/mol. The Balaban J connectivity index is 2.71. The summed E-state index contributed by atoms with van der Waals surface area (Å²) >= 11 is 1.74. The van der Waals surface area contributed by atoms with Gasteiger partial charge in [0.25, 0.3) is 0 Å². The molecule has 0 aromatic heterocycles. The van der Waals surface area contributed by atoms with Crippen LogP contribution in [0.25, 0.3) is 0 Å². The predicted octanol–water partition coefficient (Wildman–Crippen LogP) is 1.96. The van der Waals surface area contributed by atoms with Gasteiger partial charge in [0.2, 0.25) is 0 Å². The molecule has 0 aliphatic carbocycles. The maximum atomic E-state index is 3.92. The van der Waals surface area contributed by atoms with Crippen molar-refractivity contribution in [3.63, 3.8) is 0 Å². The van der Waals surface area contributed by atoms with Gasteiger partial charge in [0.1, 0.15) is 0 Å². The number of nitrogens with one attached hydrogen (secondary N) is 1.